The van der Waals surface area contributed by atoms with Gasteiger partial charge in [0, 0.05) is 26.0 Å². The molecule has 0 aromatic carbocycles. The van der Waals surface area contributed by atoms with E-state index in [0.717, 1.165) is 39.5 Å². The fraction of sp³-hybridized carbons (Fsp3) is 0.500. The second-order valence-electron chi connectivity index (χ2n) is 7.63. The van der Waals surface area contributed by atoms with Crippen molar-refractivity contribution in [3.63, 3.8) is 0 Å². The zero-order chi connectivity index (χ0) is 19.8. The normalized spacial score (nSPS) is 21.9. The SMILES string of the molecule is C[C@@H]1COCCN1c1cc(C2(C#N)CCOCC2)c2snc(-c3ccn[nH]3)c2n1. The quantitative estimate of drug-likeness (QED) is 0.709. The summed E-state index contributed by atoms with van der Waals surface area (Å²) < 4.78 is 16.8. The maximum absolute atomic E-state index is 10.2. The lowest BCUT2D eigenvalue weighted by Crippen LogP contribution is -2.44. The van der Waals surface area contributed by atoms with Crippen LogP contribution in [0.3, 0.4) is 0 Å². The van der Waals surface area contributed by atoms with Crippen LogP contribution in [0.5, 0.6) is 0 Å². The molecule has 0 amide bonds. The van der Waals surface area contributed by atoms with Crippen LogP contribution in [0.1, 0.15) is 25.3 Å². The van der Waals surface area contributed by atoms with Crippen LogP contribution in [0.25, 0.3) is 21.6 Å². The van der Waals surface area contributed by atoms with Crippen molar-refractivity contribution in [2.45, 2.75) is 31.2 Å². The molecule has 0 unspecified atom stereocenters. The Morgan fingerprint density at radius 3 is 2.90 bits per heavy atom. The number of morpholine rings is 1. The Kier molecular flexibility index (Phi) is 4.70. The largest absolute Gasteiger partial charge is 0.381 e. The number of fused-ring (bicyclic) bond motifs is 1. The fourth-order valence-corrected chi connectivity index (χ4v) is 5.15. The van der Waals surface area contributed by atoms with E-state index in [1.54, 1.807) is 6.20 Å². The summed E-state index contributed by atoms with van der Waals surface area (Å²) in [5, 5.41) is 17.3. The van der Waals surface area contributed by atoms with Crippen molar-refractivity contribution in [3.8, 4) is 17.5 Å². The first-order valence-electron chi connectivity index (χ1n) is 9.86. The van der Waals surface area contributed by atoms with E-state index in [2.05, 4.69) is 38.5 Å². The summed E-state index contributed by atoms with van der Waals surface area (Å²) in [5.74, 6) is 0.880. The van der Waals surface area contributed by atoms with E-state index in [1.807, 2.05) is 6.07 Å². The monoisotopic (exact) mass is 410 g/mol. The van der Waals surface area contributed by atoms with Gasteiger partial charge in [0.25, 0.3) is 0 Å². The first-order valence-corrected chi connectivity index (χ1v) is 10.6. The molecule has 0 radical (unpaired) electrons. The van der Waals surface area contributed by atoms with Gasteiger partial charge in [0.2, 0.25) is 0 Å². The summed E-state index contributed by atoms with van der Waals surface area (Å²) in [6, 6.07) is 6.84. The number of nitriles is 1. The first-order chi connectivity index (χ1) is 14.2. The number of hydrogen-bond acceptors (Lipinski definition) is 8. The van der Waals surface area contributed by atoms with E-state index < -0.39 is 5.41 Å². The summed E-state index contributed by atoms with van der Waals surface area (Å²) >= 11 is 1.41. The zero-order valence-corrected chi connectivity index (χ0v) is 17.0. The van der Waals surface area contributed by atoms with Crippen LogP contribution in [-0.4, -0.2) is 58.6 Å². The third-order valence-electron chi connectivity index (χ3n) is 5.91. The number of anilines is 1. The molecule has 5 heterocycles. The molecule has 1 atom stereocenters. The molecule has 0 saturated carbocycles. The highest BCUT2D eigenvalue weighted by Crippen LogP contribution is 2.43. The van der Waals surface area contributed by atoms with Gasteiger partial charge >= 0.3 is 0 Å². The van der Waals surface area contributed by atoms with Crippen LogP contribution in [0.4, 0.5) is 5.82 Å². The topological polar surface area (TPSA) is 100.0 Å². The maximum atomic E-state index is 10.2. The van der Waals surface area contributed by atoms with Crippen LogP contribution in [0.15, 0.2) is 18.3 Å². The number of ether oxygens (including phenoxy) is 2. The van der Waals surface area contributed by atoms with Gasteiger partial charge in [-0.1, -0.05) is 0 Å². The number of rotatable bonds is 3. The summed E-state index contributed by atoms with van der Waals surface area (Å²) in [4.78, 5) is 7.29. The van der Waals surface area contributed by atoms with Gasteiger partial charge in [0.05, 0.1) is 41.1 Å². The molecule has 0 spiro atoms. The van der Waals surface area contributed by atoms with Gasteiger partial charge in [0.15, 0.2) is 0 Å². The van der Waals surface area contributed by atoms with E-state index >= 15 is 0 Å². The van der Waals surface area contributed by atoms with Gasteiger partial charge in [-0.15, -0.1) is 0 Å². The summed E-state index contributed by atoms with van der Waals surface area (Å²) in [6.07, 6.45) is 3.07. The van der Waals surface area contributed by atoms with Crippen LogP contribution in [0.2, 0.25) is 0 Å². The van der Waals surface area contributed by atoms with Crippen LogP contribution in [0, 0.1) is 11.3 Å². The molecular formula is C20H22N6O2S. The Hall–Kier alpha value is -2.54. The minimum Gasteiger partial charge on any atom is -0.381 e. The molecule has 2 saturated heterocycles. The smallest absolute Gasteiger partial charge is 0.130 e. The van der Waals surface area contributed by atoms with Crippen molar-refractivity contribution in [3.05, 3.63) is 23.9 Å². The number of nitrogens with zero attached hydrogens (tertiary/aromatic N) is 5. The van der Waals surface area contributed by atoms with Gasteiger partial charge in [0.1, 0.15) is 17.0 Å². The highest BCUT2D eigenvalue weighted by atomic mass is 32.1. The molecule has 3 aromatic rings. The number of pyridine rings is 1. The third kappa shape index (κ3) is 3.08. The van der Waals surface area contributed by atoms with E-state index in [9.17, 15) is 5.26 Å². The minimum absolute atomic E-state index is 0.219. The van der Waals surface area contributed by atoms with Gasteiger partial charge in [-0.2, -0.15) is 14.7 Å². The molecule has 3 aromatic heterocycles. The molecule has 2 aliphatic heterocycles. The van der Waals surface area contributed by atoms with Crippen LogP contribution >= 0.6 is 11.5 Å². The maximum Gasteiger partial charge on any atom is 0.130 e. The second kappa shape index (κ2) is 7.37. The van der Waals surface area contributed by atoms with Crippen molar-refractivity contribution in [2.24, 2.45) is 0 Å². The van der Waals surface area contributed by atoms with E-state index in [4.69, 9.17) is 14.5 Å². The summed E-state index contributed by atoms with van der Waals surface area (Å²) in [6.45, 7) is 5.44. The number of H-pyrrole nitrogens is 1. The molecule has 5 rings (SSSR count). The second-order valence-corrected chi connectivity index (χ2v) is 8.40. The molecule has 29 heavy (non-hydrogen) atoms. The zero-order valence-electron chi connectivity index (χ0n) is 16.2. The van der Waals surface area contributed by atoms with Crippen molar-refractivity contribution in [1.29, 1.82) is 5.26 Å². The van der Waals surface area contributed by atoms with Gasteiger partial charge in [-0.05, 0) is 49.0 Å². The number of hydrogen-bond donors (Lipinski definition) is 1. The Labute approximate surface area is 172 Å². The average Bonchev–Trinajstić information content (AvgIpc) is 3.43. The summed E-state index contributed by atoms with van der Waals surface area (Å²) in [5.41, 5.74) is 2.88. The lowest BCUT2D eigenvalue weighted by molar-refractivity contribution is 0.0679. The minimum atomic E-state index is -0.582. The molecule has 0 aliphatic carbocycles. The van der Waals surface area contributed by atoms with Crippen molar-refractivity contribution < 1.29 is 9.47 Å². The van der Waals surface area contributed by atoms with E-state index in [0.29, 0.717) is 39.3 Å². The molecule has 9 heteroatoms. The van der Waals surface area contributed by atoms with Crippen molar-refractivity contribution in [2.75, 3.05) is 37.9 Å². The van der Waals surface area contributed by atoms with Crippen LogP contribution < -0.4 is 4.90 Å². The predicted molar refractivity (Wildman–Crippen MR) is 110 cm³/mol. The van der Waals surface area contributed by atoms with Crippen LogP contribution in [-0.2, 0) is 14.9 Å². The highest BCUT2D eigenvalue weighted by molar-refractivity contribution is 7.13. The van der Waals surface area contributed by atoms with Gasteiger partial charge in [-0.3, -0.25) is 5.10 Å². The summed E-state index contributed by atoms with van der Waals surface area (Å²) in [7, 11) is 0. The molecule has 1 N–H and O–H groups in total. The molecule has 2 aliphatic rings. The molecule has 0 bridgehead atoms. The molecule has 150 valence electrons. The Bertz CT molecular complexity index is 1050. The Balaban J connectivity index is 1.74. The van der Waals surface area contributed by atoms with Gasteiger partial charge < -0.3 is 14.4 Å². The molecular weight excluding hydrogens is 388 g/mol. The predicted octanol–water partition coefficient (Wildman–Crippen LogP) is 2.88. The van der Waals surface area contributed by atoms with E-state index in [1.165, 1.54) is 11.5 Å². The fourth-order valence-electron chi connectivity index (χ4n) is 4.20. The lowest BCUT2D eigenvalue weighted by Gasteiger charge is -2.36. The first kappa shape index (κ1) is 18.5. The number of aromatic amines is 1. The molecule has 8 nitrogen and oxygen atoms in total. The Morgan fingerprint density at radius 1 is 1.31 bits per heavy atom. The van der Waals surface area contributed by atoms with E-state index in [-0.39, 0.29) is 6.04 Å². The molecule has 2 fully saturated rings. The number of nitrogens with one attached hydrogen (secondary N) is 1. The van der Waals surface area contributed by atoms with Crippen molar-refractivity contribution in [1.82, 2.24) is 19.6 Å². The lowest BCUT2D eigenvalue weighted by atomic mass is 9.75. The standard InChI is InChI=1S/C20H22N6O2S/c1-13-11-28-9-6-26(13)16-10-14(20(12-21)3-7-27-8-4-20)19-18(23-16)17(25-29-19)15-2-5-22-24-15/h2,5,10,13H,3-4,6-9,11H2,1H3,(H,22,24)/t13-/m1/s1. The third-order valence-corrected chi connectivity index (χ3v) is 6.78. The van der Waals surface area contributed by atoms with Gasteiger partial charge in [-0.25, -0.2) is 4.98 Å². The average molecular weight is 411 g/mol. The highest BCUT2D eigenvalue weighted by Gasteiger charge is 2.38. The van der Waals surface area contributed by atoms with Crippen molar-refractivity contribution >= 4 is 27.6 Å². The number of aromatic nitrogens is 4. The Morgan fingerprint density at radius 2 is 2.17 bits per heavy atom.